The van der Waals surface area contributed by atoms with Gasteiger partial charge in [-0.05, 0) is 75.1 Å². The Bertz CT molecular complexity index is 1050. The SMILES string of the molecule is Cc1ccc(SCC(=O)[C@@]2(O)CCC3C4CCC5=CC(=O)C=CC5(C)C4[C@@H](O)CC32C)cn1. The lowest BCUT2D eigenvalue weighted by Gasteiger charge is -2.59. The Morgan fingerprint density at radius 1 is 1.27 bits per heavy atom. The van der Waals surface area contributed by atoms with E-state index in [0.29, 0.717) is 12.8 Å². The number of aryl methyl sites for hydroxylation is 1. The highest BCUT2D eigenvalue weighted by Gasteiger charge is 2.67. The van der Waals surface area contributed by atoms with Crippen molar-refractivity contribution in [1.29, 1.82) is 0 Å². The Morgan fingerprint density at radius 3 is 2.79 bits per heavy atom. The minimum atomic E-state index is -1.43. The van der Waals surface area contributed by atoms with Crippen molar-refractivity contribution in [2.24, 2.45) is 28.6 Å². The maximum Gasteiger partial charge on any atom is 0.178 e. The lowest BCUT2D eigenvalue weighted by Crippen LogP contribution is -2.61. The molecular formula is C27H33NO4S. The largest absolute Gasteiger partial charge is 0.393 e. The van der Waals surface area contributed by atoms with Crippen LogP contribution in [-0.2, 0) is 9.59 Å². The third-order valence-corrected chi connectivity index (χ3v) is 10.3. The fraction of sp³-hybridized carbons (Fsp3) is 0.593. The van der Waals surface area contributed by atoms with E-state index in [1.807, 2.05) is 32.1 Å². The van der Waals surface area contributed by atoms with Gasteiger partial charge in [-0.2, -0.15) is 0 Å². The number of Topliss-reactive ketones (excluding diaryl/α,β-unsaturated/α-hetero) is 1. The van der Waals surface area contributed by atoms with Gasteiger partial charge in [0.15, 0.2) is 11.6 Å². The molecule has 1 aromatic heterocycles. The standard InChI is InChI=1S/C27H33NO4S/c1-16-4-6-19(14-28-16)33-15-23(31)27(32)11-9-21-20-7-5-17-12-18(29)8-10-25(17,2)24(20)22(30)13-26(21,27)3/h4,6,8,10,12,14,20-22,24,30,32H,5,7,9,11,13,15H2,1-3H3/t20?,21?,22-,24?,25?,26?,27-/m0/s1. The molecule has 4 aliphatic carbocycles. The summed E-state index contributed by atoms with van der Waals surface area (Å²) in [6.07, 6.45) is 9.88. The molecule has 0 spiro atoms. The Hall–Kier alpha value is -1.76. The predicted molar refractivity (Wildman–Crippen MR) is 128 cm³/mol. The van der Waals surface area contributed by atoms with Gasteiger partial charge in [0.2, 0.25) is 0 Å². The van der Waals surface area contributed by atoms with Gasteiger partial charge in [-0.25, -0.2) is 0 Å². The number of aliphatic hydroxyl groups is 2. The van der Waals surface area contributed by atoms with Gasteiger partial charge >= 0.3 is 0 Å². The second kappa shape index (κ2) is 7.89. The summed E-state index contributed by atoms with van der Waals surface area (Å²) in [4.78, 5) is 30.6. The third kappa shape index (κ3) is 3.40. The van der Waals surface area contributed by atoms with Gasteiger partial charge in [-0.1, -0.05) is 25.5 Å². The quantitative estimate of drug-likeness (QED) is 0.650. The van der Waals surface area contributed by atoms with Crippen LogP contribution in [0.15, 0.2) is 47.0 Å². The molecule has 4 aliphatic rings. The van der Waals surface area contributed by atoms with Crippen LogP contribution in [0.5, 0.6) is 0 Å². The van der Waals surface area contributed by atoms with Crippen molar-refractivity contribution in [2.75, 3.05) is 5.75 Å². The number of nitrogens with zero attached hydrogens (tertiary/aromatic N) is 1. The maximum absolute atomic E-state index is 13.4. The average Bonchev–Trinajstić information content (AvgIpc) is 3.04. The van der Waals surface area contributed by atoms with Crippen LogP contribution in [0.3, 0.4) is 0 Å². The maximum atomic E-state index is 13.4. The summed E-state index contributed by atoms with van der Waals surface area (Å²) >= 11 is 1.42. The number of allylic oxidation sites excluding steroid dienone is 4. The molecular weight excluding hydrogens is 434 g/mol. The molecule has 3 fully saturated rings. The van der Waals surface area contributed by atoms with Crippen LogP contribution in [0, 0.1) is 35.5 Å². The van der Waals surface area contributed by atoms with Crippen molar-refractivity contribution in [1.82, 2.24) is 4.98 Å². The predicted octanol–water partition coefficient (Wildman–Crippen LogP) is 4.06. The van der Waals surface area contributed by atoms with Crippen molar-refractivity contribution in [3.05, 3.63) is 47.8 Å². The lowest BCUT2D eigenvalue weighted by molar-refractivity contribution is -0.174. The topological polar surface area (TPSA) is 87.5 Å². The summed E-state index contributed by atoms with van der Waals surface area (Å²) in [5.74, 6) is 0.478. The number of rotatable bonds is 4. The number of pyridine rings is 1. The minimum absolute atomic E-state index is 0.00499. The molecule has 0 radical (unpaired) electrons. The van der Waals surface area contributed by atoms with Crippen LogP contribution in [0.1, 0.15) is 51.6 Å². The Morgan fingerprint density at radius 2 is 2.06 bits per heavy atom. The number of hydrogen-bond donors (Lipinski definition) is 2. The summed E-state index contributed by atoms with van der Waals surface area (Å²) in [5.41, 5.74) is -0.368. The fourth-order valence-electron chi connectivity index (χ4n) is 7.60. The summed E-state index contributed by atoms with van der Waals surface area (Å²) in [5, 5.41) is 23.3. The first-order valence-electron chi connectivity index (χ1n) is 12.0. The van der Waals surface area contributed by atoms with E-state index < -0.39 is 17.1 Å². The number of aromatic nitrogens is 1. The van der Waals surface area contributed by atoms with Crippen LogP contribution < -0.4 is 0 Å². The summed E-state index contributed by atoms with van der Waals surface area (Å²) in [6.45, 7) is 6.09. The summed E-state index contributed by atoms with van der Waals surface area (Å²) in [7, 11) is 0. The monoisotopic (exact) mass is 467 g/mol. The average molecular weight is 468 g/mol. The molecule has 6 heteroatoms. The molecule has 0 bridgehead atoms. The lowest BCUT2D eigenvalue weighted by atomic mass is 9.46. The van der Waals surface area contributed by atoms with Crippen molar-refractivity contribution < 1.29 is 19.8 Å². The highest BCUT2D eigenvalue weighted by atomic mass is 32.2. The number of hydrogen-bond acceptors (Lipinski definition) is 6. The van der Waals surface area contributed by atoms with E-state index in [1.165, 1.54) is 11.8 Å². The second-order valence-corrected chi connectivity index (χ2v) is 12.0. The first-order chi connectivity index (χ1) is 15.6. The molecule has 2 N–H and O–H groups in total. The Kier molecular flexibility index (Phi) is 5.50. The molecule has 0 aromatic carbocycles. The molecule has 0 amide bonds. The van der Waals surface area contributed by atoms with Gasteiger partial charge in [0.1, 0.15) is 5.60 Å². The zero-order valence-corrected chi connectivity index (χ0v) is 20.4. The number of carbonyl (C=O) groups excluding carboxylic acids is 2. The molecule has 176 valence electrons. The normalized spacial score (nSPS) is 41.7. The van der Waals surface area contributed by atoms with E-state index in [0.717, 1.165) is 35.4 Å². The molecule has 5 rings (SSSR count). The number of ketones is 2. The molecule has 0 aliphatic heterocycles. The highest BCUT2D eigenvalue weighted by molar-refractivity contribution is 8.00. The van der Waals surface area contributed by atoms with Crippen molar-refractivity contribution in [2.45, 2.75) is 69.5 Å². The van der Waals surface area contributed by atoms with Crippen LogP contribution in [0.25, 0.3) is 0 Å². The van der Waals surface area contributed by atoms with Gasteiger partial charge in [0.25, 0.3) is 0 Å². The third-order valence-electron chi connectivity index (χ3n) is 9.36. The van der Waals surface area contributed by atoms with Crippen LogP contribution in [-0.4, -0.2) is 44.2 Å². The van der Waals surface area contributed by atoms with Gasteiger partial charge in [0, 0.05) is 33.5 Å². The van der Waals surface area contributed by atoms with E-state index >= 15 is 0 Å². The van der Waals surface area contributed by atoms with Crippen molar-refractivity contribution in [3.63, 3.8) is 0 Å². The van der Waals surface area contributed by atoms with Crippen molar-refractivity contribution >= 4 is 23.3 Å². The smallest absolute Gasteiger partial charge is 0.178 e. The molecule has 33 heavy (non-hydrogen) atoms. The van der Waals surface area contributed by atoms with E-state index in [9.17, 15) is 19.8 Å². The number of fused-ring (bicyclic) bond motifs is 5. The molecule has 0 saturated heterocycles. The number of thioether (sulfide) groups is 1. The number of aliphatic hydroxyl groups excluding tert-OH is 1. The highest BCUT2D eigenvalue weighted by Crippen LogP contribution is 2.67. The summed E-state index contributed by atoms with van der Waals surface area (Å²) in [6, 6.07) is 3.88. The number of carbonyl (C=O) groups is 2. The Labute approximate surface area is 199 Å². The molecule has 5 unspecified atom stereocenters. The first kappa shape index (κ1) is 23.0. The van der Waals surface area contributed by atoms with Crippen LogP contribution >= 0.6 is 11.8 Å². The van der Waals surface area contributed by atoms with Crippen LogP contribution in [0.2, 0.25) is 0 Å². The zero-order chi connectivity index (χ0) is 23.6. The van der Waals surface area contributed by atoms with E-state index in [4.69, 9.17) is 0 Å². The fourth-order valence-corrected chi connectivity index (χ4v) is 8.42. The zero-order valence-electron chi connectivity index (χ0n) is 19.6. The van der Waals surface area contributed by atoms with E-state index in [-0.39, 0.29) is 40.5 Å². The van der Waals surface area contributed by atoms with E-state index in [2.05, 4.69) is 11.9 Å². The van der Waals surface area contributed by atoms with Gasteiger partial charge < -0.3 is 10.2 Å². The second-order valence-electron chi connectivity index (χ2n) is 11.0. The van der Waals surface area contributed by atoms with Gasteiger partial charge in [-0.15, -0.1) is 11.8 Å². The molecule has 1 heterocycles. The van der Waals surface area contributed by atoms with E-state index in [1.54, 1.807) is 18.3 Å². The first-order valence-corrected chi connectivity index (χ1v) is 13.0. The molecule has 7 atom stereocenters. The molecule has 1 aromatic rings. The molecule has 3 saturated carbocycles. The van der Waals surface area contributed by atoms with Crippen LogP contribution in [0.4, 0.5) is 0 Å². The summed E-state index contributed by atoms with van der Waals surface area (Å²) < 4.78 is 0. The van der Waals surface area contributed by atoms with Gasteiger partial charge in [-0.3, -0.25) is 14.6 Å². The van der Waals surface area contributed by atoms with Crippen molar-refractivity contribution in [3.8, 4) is 0 Å². The Balaban J connectivity index is 1.39. The molecule has 5 nitrogen and oxygen atoms in total. The van der Waals surface area contributed by atoms with Gasteiger partial charge in [0.05, 0.1) is 11.9 Å². The minimum Gasteiger partial charge on any atom is -0.393 e.